The van der Waals surface area contributed by atoms with Crippen molar-refractivity contribution in [1.82, 2.24) is 0 Å². The second-order valence-corrected chi connectivity index (χ2v) is 8.25. The summed E-state index contributed by atoms with van der Waals surface area (Å²) in [5.41, 5.74) is 1.31. The third-order valence-corrected chi connectivity index (χ3v) is 6.18. The smallest absolute Gasteiger partial charge is 0.300 e. The molecule has 3 aromatic carbocycles. The summed E-state index contributed by atoms with van der Waals surface area (Å²) in [5, 5.41) is 22.8. The normalized spacial score (nSPS) is 17.4. The Morgan fingerprint density at radius 2 is 1.73 bits per heavy atom. The average molecular weight is 483 g/mol. The Hall–Kier alpha value is -3.68. The Morgan fingerprint density at radius 1 is 1.00 bits per heavy atom. The molecule has 0 aliphatic carbocycles. The Bertz CT molecular complexity index is 1350. The molecular formula is C24H16Cl2N2O5. The van der Waals surface area contributed by atoms with E-state index >= 15 is 0 Å². The summed E-state index contributed by atoms with van der Waals surface area (Å²) in [5.74, 6) is -2.29. The van der Waals surface area contributed by atoms with E-state index in [9.17, 15) is 24.8 Å². The first-order valence-electron chi connectivity index (χ1n) is 9.77. The van der Waals surface area contributed by atoms with Gasteiger partial charge in [0.2, 0.25) is 0 Å². The molecule has 1 atom stereocenters. The predicted molar refractivity (Wildman–Crippen MR) is 126 cm³/mol. The van der Waals surface area contributed by atoms with E-state index in [0.29, 0.717) is 11.3 Å². The predicted octanol–water partition coefficient (Wildman–Crippen LogP) is 5.84. The quantitative estimate of drug-likeness (QED) is 0.165. The monoisotopic (exact) mass is 482 g/mol. The van der Waals surface area contributed by atoms with Gasteiger partial charge >= 0.3 is 0 Å². The number of amides is 1. The number of benzene rings is 3. The van der Waals surface area contributed by atoms with Crippen molar-refractivity contribution >= 4 is 52.0 Å². The molecular weight excluding hydrogens is 467 g/mol. The Morgan fingerprint density at radius 3 is 2.39 bits per heavy atom. The van der Waals surface area contributed by atoms with Crippen molar-refractivity contribution in [2.24, 2.45) is 0 Å². The molecule has 7 nitrogen and oxygen atoms in total. The molecule has 0 bridgehead atoms. The lowest BCUT2D eigenvalue weighted by Gasteiger charge is -2.27. The van der Waals surface area contributed by atoms with Crippen LogP contribution in [0.4, 0.5) is 11.4 Å². The van der Waals surface area contributed by atoms with Crippen LogP contribution < -0.4 is 4.90 Å². The van der Waals surface area contributed by atoms with Crippen LogP contribution in [0.1, 0.15) is 22.7 Å². The standard InChI is InChI=1S/C24H16Cl2N2O5/c1-13-5-2-3-8-17(13)21-20(22(29)14-6-4-7-16(11-14)28(32)33)23(30)24(31)27(21)15-9-10-18(25)19(26)12-15/h2-12,21,29H,1H3/b22-20+. The molecule has 1 amide bonds. The fourth-order valence-electron chi connectivity index (χ4n) is 3.84. The van der Waals surface area contributed by atoms with Gasteiger partial charge in [-0.15, -0.1) is 0 Å². The zero-order valence-electron chi connectivity index (χ0n) is 17.2. The van der Waals surface area contributed by atoms with Gasteiger partial charge in [0.25, 0.3) is 17.4 Å². The summed E-state index contributed by atoms with van der Waals surface area (Å²) in [6.07, 6.45) is 0. The number of non-ortho nitro benzene ring substituents is 1. The lowest BCUT2D eigenvalue weighted by atomic mass is 9.92. The highest BCUT2D eigenvalue weighted by atomic mass is 35.5. The Kier molecular flexibility index (Phi) is 5.93. The van der Waals surface area contributed by atoms with Gasteiger partial charge in [0.1, 0.15) is 5.76 Å². The molecule has 1 aliphatic rings. The van der Waals surface area contributed by atoms with E-state index < -0.39 is 28.4 Å². The first-order chi connectivity index (χ1) is 15.7. The Labute approximate surface area is 198 Å². The van der Waals surface area contributed by atoms with Gasteiger partial charge in [0.15, 0.2) is 0 Å². The molecule has 4 rings (SSSR count). The topological polar surface area (TPSA) is 101 Å². The summed E-state index contributed by atoms with van der Waals surface area (Å²) < 4.78 is 0. The minimum atomic E-state index is -0.984. The maximum absolute atomic E-state index is 13.2. The zero-order valence-corrected chi connectivity index (χ0v) is 18.7. The first-order valence-corrected chi connectivity index (χ1v) is 10.5. The van der Waals surface area contributed by atoms with Crippen molar-refractivity contribution < 1.29 is 19.6 Å². The highest BCUT2D eigenvalue weighted by molar-refractivity contribution is 6.52. The van der Waals surface area contributed by atoms with Crippen LogP contribution in [0.3, 0.4) is 0 Å². The number of nitro groups is 1. The molecule has 1 saturated heterocycles. The molecule has 166 valence electrons. The fraction of sp³-hybridized carbons (Fsp3) is 0.0833. The highest BCUT2D eigenvalue weighted by Crippen LogP contribution is 2.44. The molecule has 9 heteroatoms. The van der Waals surface area contributed by atoms with E-state index in [1.807, 2.05) is 19.1 Å². The highest BCUT2D eigenvalue weighted by Gasteiger charge is 2.47. The number of ketones is 1. The van der Waals surface area contributed by atoms with E-state index in [4.69, 9.17) is 23.2 Å². The number of aryl methyl sites for hydroxylation is 1. The largest absolute Gasteiger partial charge is 0.507 e. The van der Waals surface area contributed by atoms with Gasteiger partial charge in [-0.05, 0) is 36.2 Å². The van der Waals surface area contributed by atoms with E-state index in [1.165, 1.54) is 35.2 Å². The second kappa shape index (κ2) is 8.69. The van der Waals surface area contributed by atoms with Gasteiger partial charge in [-0.3, -0.25) is 24.6 Å². The van der Waals surface area contributed by atoms with Crippen molar-refractivity contribution in [2.45, 2.75) is 13.0 Å². The van der Waals surface area contributed by atoms with Crippen molar-refractivity contribution in [2.75, 3.05) is 4.90 Å². The minimum Gasteiger partial charge on any atom is -0.507 e. The van der Waals surface area contributed by atoms with Crippen LogP contribution in [-0.4, -0.2) is 21.7 Å². The molecule has 0 saturated carbocycles. The van der Waals surface area contributed by atoms with Crippen molar-refractivity contribution in [3.05, 3.63) is 109 Å². The summed E-state index contributed by atoms with van der Waals surface area (Å²) in [7, 11) is 0. The molecule has 3 aromatic rings. The van der Waals surface area contributed by atoms with Gasteiger partial charge in [0.05, 0.1) is 26.6 Å². The third kappa shape index (κ3) is 3.97. The van der Waals surface area contributed by atoms with E-state index in [-0.39, 0.29) is 26.9 Å². The number of carbonyl (C=O) groups excluding carboxylic acids is 2. The molecule has 1 N–H and O–H groups in total. The molecule has 1 heterocycles. The zero-order chi connectivity index (χ0) is 23.9. The van der Waals surface area contributed by atoms with E-state index in [2.05, 4.69) is 0 Å². The first kappa shape index (κ1) is 22.5. The fourth-order valence-corrected chi connectivity index (χ4v) is 4.14. The molecule has 0 spiro atoms. The second-order valence-electron chi connectivity index (χ2n) is 7.43. The number of Topliss-reactive ketones (excluding diaryl/α,β-unsaturated/α-hetero) is 1. The number of carbonyl (C=O) groups is 2. The number of nitro benzene ring substituents is 1. The molecule has 0 radical (unpaired) electrons. The van der Waals surface area contributed by atoms with Crippen molar-refractivity contribution in [3.63, 3.8) is 0 Å². The number of aliphatic hydroxyl groups is 1. The van der Waals surface area contributed by atoms with Gasteiger partial charge in [-0.1, -0.05) is 59.6 Å². The van der Waals surface area contributed by atoms with Crippen LogP contribution >= 0.6 is 23.2 Å². The number of hydrogen-bond acceptors (Lipinski definition) is 5. The molecule has 0 aromatic heterocycles. The van der Waals surface area contributed by atoms with Gasteiger partial charge in [-0.2, -0.15) is 0 Å². The van der Waals surface area contributed by atoms with Crippen LogP contribution in [0, 0.1) is 17.0 Å². The maximum Gasteiger partial charge on any atom is 0.300 e. The lowest BCUT2D eigenvalue weighted by molar-refractivity contribution is -0.384. The maximum atomic E-state index is 13.2. The molecule has 1 unspecified atom stereocenters. The summed E-state index contributed by atoms with van der Waals surface area (Å²) in [6, 6.07) is 15.9. The van der Waals surface area contributed by atoms with Crippen LogP contribution in [0.15, 0.2) is 72.3 Å². The van der Waals surface area contributed by atoms with Crippen LogP contribution in [-0.2, 0) is 9.59 Å². The summed E-state index contributed by atoms with van der Waals surface area (Å²) in [4.78, 5) is 38.2. The van der Waals surface area contributed by atoms with Crippen LogP contribution in [0.25, 0.3) is 5.76 Å². The van der Waals surface area contributed by atoms with E-state index in [0.717, 1.165) is 11.6 Å². The molecule has 1 aliphatic heterocycles. The van der Waals surface area contributed by atoms with Crippen LogP contribution in [0.5, 0.6) is 0 Å². The number of rotatable bonds is 4. The van der Waals surface area contributed by atoms with Gasteiger partial charge in [0, 0.05) is 23.4 Å². The Balaban J connectivity index is 1.98. The summed E-state index contributed by atoms with van der Waals surface area (Å²) >= 11 is 12.2. The molecule has 1 fully saturated rings. The van der Waals surface area contributed by atoms with Crippen LogP contribution in [0.2, 0.25) is 10.0 Å². The number of nitrogens with zero attached hydrogens (tertiary/aromatic N) is 2. The SMILES string of the molecule is Cc1ccccc1C1/C(=C(\O)c2cccc([N+](=O)[O-])c2)C(=O)C(=O)N1c1ccc(Cl)c(Cl)c1. The number of aliphatic hydroxyl groups excluding tert-OH is 1. The van der Waals surface area contributed by atoms with Gasteiger partial charge < -0.3 is 5.11 Å². The third-order valence-electron chi connectivity index (χ3n) is 5.44. The lowest BCUT2D eigenvalue weighted by Crippen LogP contribution is -2.29. The average Bonchev–Trinajstić information content (AvgIpc) is 3.06. The molecule has 33 heavy (non-hydrogen) atoms. The van der Waals surface area contributed by atoms with Crippen molar-refractivity contribution in [1.29, 1.82) is 0 Å². The summed E-state index contributed by atoms with van der Waals surface area (Å²) in [6.45, 7) is 1.82. The number of halogens is 2. The van der Waals surface area contributed by atoms with Gasteiger partial charge in [-0.25, -0.2) is 0 Å². The number of anilines is 1. The minimum absolute atomic E-state index is 0.0509. The van der Waals surface area contributed by atoms with E-state index in [1.54, 1.807) is 18.2 Å². The van der Waals surface area contributed by atoms with Crippen molar-refractivity contribution in [3.8, 4) is 0 Å². The number of hydrogen-bond donors (Lipinski definition) is 1.